The molecule has 0 bridgehead atoms. The molecule has 4 atom stereocenters. The van der Waals surface area contributed by atoms with Crippen molar-refractivity contribution >= 4 is 18.1 Å². The summed E-state index contributed by atoms with van der Waals surface area (Å²) in [5.41, 5.74) is 0.548. The molecule has 34 heavy (non-hydrogen) atoms. The molecule has 2 saturated heterocycles. The lowest BCUT2D eigenvalue weighted by Crippen LogP contribution is -2.34. The summed E-state index contributed by atoms with van der Waals surface area (Å²) in [7, 11) is 1.59. The monoisotopic (exact) mass is 472 g/mol. The first-order valence-electron chi connectivity index (χ1n) is 10.7. The van der Waals surface area contributed by atoms with Crippen molar-refractivity contribution < 1.29 is 47.5 Å². The van der Waals surface area contributed by atoms with Gasteiger partial charge in [0.2, 0.25) is 0 Å². The molecule has 10 heteroatoms. The second-order valence-corrected chi connectivity index (χ2v) is 7.54. The van der Waals surface area contributed by atoms with E-state index >= 15 is 0 Å². The molecule has 180 valence electrons. The van der Waals surface area contributed by atoms with Gasteiger partial charge in [-0.15, -0.1) is 0 Å². The van der Waals surface area contributed by atoms with Crippen LogP contribution in [0.4, 0.5) is 4.79 Å². The molecule has 2 aromatic carbocycles. The number of ether oxygens (including phenoxy) is 7. The highest BCUT2D eigenvalue weighted by Gasteiger charge is 2.49. The summed E-state index contributed by atoms with van der Waals surface area (Å²) in [6.07, 6.45) is -2.14. The van der Waals surface area contributed by atoms with Crippen LogP contribution in [0.15, 0.2) is 48.5 Å². The number of rotatable bonds is 7. The summed E-state index contributed by atoms with van der Waals surface area (Å²) in [6.45, 7) is 2.48. The minimum atomic E-state index is -0.827. The van der Waals surface area contributed by atoms with Gasteiger partial charge in [0.25, 0.3) is 0 Å². The van der Waals surface area contributed by atoms with Crippen LogP contribution < -0.4 is 9.47 Å². The topological polar surface area (TPSA) is 116 Å². The summed E-state index contributed by atoms with van der Waals surface area (Å²) in [6, 6.07) is 11.8. The van der Waals surface area contributed by atoms with Crippen molar-refractivity contribution in [3.05, 3.63) is 59.7 Å². The maximum absolute atomic E-state index is 12.5. The van der Waals surface area contributed by atoms with E-state index in [1.54, 1.807) is 14.0 Å². The number of fused-ring (bicyclic) bond motifs is 1. The van der Waals surface area contributed by atoms with Gasteiger partial charge < -0.3 is 33.2 Å². The molecule has 10 nitrogen and oxygen atoms in total. The predicted molar refractivity (Wildman–Crippen MR) is 115 cm³/mol. The molecule has 2 aromatic rings. The normalized spacial score (nSPS) is 23.1. The van der Waals surface area contributed by atoms with E-state index in [0.29, 0.717) is 12.2 Å². The quantitative estimate of drug-likeness (QED) is 0.338. The minimum absolute atomic E-state index is 0.177. The summed E-state index contributed by atoms with van der Waals surface area (Å²) in [5.74, 6) is -0.663. The van der Waals surface area contributed by atoms with Gasteiger partial charge in [-0.2, -0.15) is 0 Å². The molecule has 0 radical (unpaired) electrons. The maximum Gasteiger partial charge on any atom is 0.513 e. The summed E-state index contributed by atoms with van der Waals surface area (Å²) in [5, 5.41) is 0. The van der Waals surface area contributed by atoms with E-state index in [1.165, 1.54) is 48.5 Å². The number of carbonyl (C=O) groups is 3. The van der Waals surface area contributed by atoms with Crippen LogP contribution in [-0.4, -0.2) is 69.4 Å². The second kappa shape index (κ2) is 10.6. The molecule has 2 fully saturated rings. The van der Waals surface area contributed by atoms with Gasteiger partial charge in [0, 0.05) is 7.11 Å². The van der Waals surface area contributed by atoms with Crippen molar-refractivity contribution in [3.8, 4) is 11.5 Å². The largest absolute Gasteiger partial charge is 0.513 e. The average Bonchev–Trinajstić information content (AvgIpc) is 3.42. The smallest absolute Gasteiger partial charge is 0.453 e. The number of esters is 2. The Morgan fingerprint density at radius 2 is 1.32 bits per heavy atom. The van der Waals surface area contributed by atoms with Gasteiger partial charge in [-0.1, -0.05) is 0 Å². The van der Waals surface area contributed by atoms with E-state index in [9.17, 15) is 14.4 Å². The van der Waals surface area contributed by atoms with E-state index in [1.807, 2.05) is 0 Å². The van der Waals surface area contributed by atoms with Crippen molar-refractivity contribution in [2.24, 2.45) is 0 Å². The van der Waals surface area contributed by atoms with Crippen LogP contribution in [0.25, 0.3) is 0 Å². The molecular weight excluding hydrogens is 448 g/mol. The Labute approximate surface area is 195 Å². The van der Waals surface area contributed by atoms with E-state index in [0.717, 1.165) is 0 Å². The summed E-state index contributed by atoms with van der Waals surface area (Å²) >= 11 is 0. The summed E-state index contributed by atoms with van der Waals surface area (Å²) in [4.78, 5) is 36.2. The Morgan fingerprint density at radius 3 is 1.91 bits per heavy atom. The van der Waals surface area contributed by atoms with Crippen LogP contribution in [-0.2, 0) is 23.7 Å². The third-order valence-corrected chi connectivity index (χ3v) is 5.38. The van der Waals surface area contributed by atoms with Crippen LogP contribution >= 0.6 is 0 Å². The van der Waals surface area contributed by atoms with Crippen LogP contribution in [0.3, 0.4) is 0 Å². The summed E-state index contributed by atoms with van der Waals surface area (Å²) < 4.78 is 37.1. The molecule has 4 rings (SSSR count). The van der Waals surface area contributed by atoms with E-state index in [2.05, 4.69) is 4.74 Å². The molecule has 0 aliphatic carbocycles. The zero-order valence-electron chi connectivity index (χ0n) is 18.6. The lowest BCUT2D eigenvalue weighted by molar-refractivity contribution is -0.0280. The highest BCUT2D eigenvalue weighted by Crippen LogP contribution is 2.30. The fourth-order valence-corrected chi connectivity index (χ4v) is 3.67. The van der Waals surface area contributed by atoms with Crippen molar-refractivity contribution in [1.82, 2.24) is 0 Å². The van der Waals surface area contributed by atoms with Crippen LogP contribution in [0.5, 0.6) is 11.5 Å². The van der Waals surface area contributed by atoms with Gasteiger partial charge in [0.15, 0.2) is 6.10 Å². The lowest BCUT2D eigenvalue weighted by atomic mass is 10.1. The second-order valence-electron chi connectivity index (χ2n) is 7.54. The standard InChI is InChI=1S/C24H24O10/c1-3-29-24(27)33-17-10-6-14(7-11-17)22(25)32-16-8-4-15(5-9-16)23(26)34-19-13-31-20-18(28-2)12-30-21(19)20/h4-11,18-21H,3,12-13H2,1-2H3/t18-,19-,20?,21?/m0/s1. The fourth-order valence-electron chi connectivity index (χ4n) is 3.67. The van der Waals surface area contributed by atoms with Gasteiger partial charge in [-0.3, -0.25) is 0 Å². The Morgan fingerprint density at radius 1 is 0.794 bits per heavy atom. The highest BCUT2D eigenvalue weighted by atomic mass is 16.7. The number of hydrogen-bond acceptors (Lipinski definition) is 10. The molecule has 0 spiro atoms. The first kappa shape index (κ1) is 23.7. The van der Waals surface area contributed by atoms with Gasteiger partial charge in [-0.25, -0.2) is 14.4 Å². The van der Waals surface area contributed by atoms with Crippen molar-refractivity contribution in [1.29, 1.82) is 0 Å². The van der Waals surface area contributed by atoms with E-state index in [4.69, 9.17) is 28.4 Å². The zero-order chi connectivity index (χ0) is 24.1. The van der Waals surface area contributed by atoms with Crippen LogP contribution in [0.1, 0.15) is 27.6 Å². The first-order valence-corrected chi connectivity index (χ1v) is 10.7. The van der Waals surface area contributed by atoms with Crippen LogP contribution in [0.2, 0.25) is 0 Å². The Kier molecular flexibility index (Phi) is 7.41. The van der Waals surface area contributed by atoms with Crippen molar-refractivity contribution in [2.75, 3.05) is 26.9 Å². The maximum atomic E-state index is 12.5. The molecule has 0 N–H and O–H groups in total. The molecule has 2 heterocycles. The molecule has 2 aliphatic rings. The Balaban J connectivity index is 1.30. The Hall–Kier alpha value is -3.47. The molecule has 0 aromatic heterocycles. The minimum Gasteiger partial charge on any atom is -0.453 e. The number of methoxy groups -OCH3 is 1. The molecular formula is C24H24O10. The van der Waals surface area contributed by atoms with Gasteiger partial charge in [-0.05, 0) is 55.5 Å². The number of hydrogen-bond donors (Lipinski definition) is 0. The third kappa shape index (κ3) is 5.36. The van der Waals surface area contributed by atoms with E-state index in [-0.39, 0.29) is 48.6 Å². The van der Waals surface area contributed by atoms with Crippen molar-refractivity contribution in [2.45, 2.75) is 31.3 Å². The van der Waals surface area contributed by atoms with Gasteiger partial charge in [0.05, 0.1) is 30.9 Å². The Bertz CT molecular complexity index is 1020. The highest BCUT2D eigenvalue weighted by molar-refractivity contribution is 5.92. The van der Waals surface area contributed by atoms with Gasteiger partial charge >= 0.3 is 18.1 Å². The molecule has 2 aliphatic heterocycles. The fraction of sp³-hybridized carbons (Fsp3) is 0.375. The molecule has 0 saturated carbocycles. The predicted octanol–water partition coefficient (Wildman–Crippen LogP) is 2.78. The number of carbonyl (C=O) groups excluding carboxylic acids is 3. The van der Waals surface area contributed by atoms with Crippen LogP contribution in [0, 0.1) is 0 Å². The van der Waals surface area contributed by atoms with E-state index < -0.39 is 24.2 Å². The lowest BCUT2D eigenvalue weighted by Gasteiger charge is -2.16. The number of benzene rings is 2. The molecule has 0 amide bonds. The molecule has 2 unspecified atom stereocenters. The third-order valence-electron chi connectivity index (χ3n) is 5.38. The first-order chi connectivity index (χ1) is 16.5. The SMILES string of the molecule is CCOC(=O)Oc1ccc(C(=O)Oc2ccc(C(=O)O[C@H]3COC4C3OC[C@@H]4OC)cc2)cc1. The van der Waals surface area contributed by atoms with Crippen molar-refractivity contribution in [3.63, 3.8) is 0 Å². The zero-order valence-corrected chi connectivity index (χ0v) is 18.6. The average molecular weight is 472 g/mol. The van der Waals surface area contributed by atoms with Gasteiger partial charge in [0.1, 0.15) is 29.8 Å².